The van der Waals surface area contributed by atoms with Crippen LogP contribution in [0.15, 0.2) is 0 Å². The summed E-state index contributed by atoms with van der Waals surface area (Å²) >= 11 is 3.48. The Labute approximate surface area is 107 Å². The third-order valence-electron chi connectivity index (χ3n) is 2.90. The van der Waals surface area contributed by atoms with Gasteiger partial charge in [0.15, 0.2) is 0 Å². The minimum Gasteiger partial charge on any atom is -0.309 e. The third-order valence-corrected chi connectivity index (χ3v) is 3.40. The van der Waals surface area contributed by atoms with Crippen molar-refractivity contribution in [1.82, 2.24) is 14.8 Å². The molecule has 4 heteroatoms. The Morgan fingerprint density at radius 2 is 1.75 bits per heavy atom. The van der Waals surface area contributed by atoms with Crippen LogP contribution in [0.1, 0.15) is 65.0 Å². The first-order valence-corrected chi connectivity index (χ1v) is 7.08. The lowest BCUT2D eigenvalue weighted by molar-refractivity contribution is 0.360. The summed E-state index contributed by atoms with van der Waals surface area (Å²) in [6.07, 6.45) is 2.24. The predicted octanol–water partition coefficient (Wildman–Crippen LogP) is 3.83. The van der Waals surface area contributed by atoms with Crippen molar-refractivity contribution in [3.8, 4) is 0 Å². The van der Waals surface area contributed by atoms with Crippen molar-refractivity contribution >= 4 is 15.9 Å². The first-order chi connectivity index (χ1) is 7.45. The second kappa shape index (κ2) is 5.30. The Bertz CT molecular complexity index is 335. The number of hydrogen-bond acceptors (Lipinski definition) is 2. The fourth-order valence-electron chi connectivity index (χ4n) is 2.07. The largest absolute Gasteiger partial charge is 0.309 e. The zero-order valence-electron chi connectivity index (χ0n) is 10.9. The number of nitrogens with zero attached hydrogens (tertiary/aromatic N) is 3. The molecule has 0 saturated heterocycles. The normalized spacial score (nSPS) is 12.4. The maximum Gasteiger partial charge on any atom is 0.144 e. The van der Waals surface area contributed by atoms with E-state index < -0.39 is 0 Å². The molecule has 1 aromatic heterocycles. The van der Waals surface area contributed by atoms with E-state index in [-0.39, 0.29) is 5.54 Å². The van der Waals surface area contributed by atoms with E-state index in [9.17, 15) is 0 Å². The van der Waals surface area contributed by atoms with Gasteiger partial charge >= 0.3 is 0 Å². The highest BCUT2D eigenvalue weighted by Crippen LogP contribution is 2.28. The minimum atomic E-state index is 0.0462. The van der Waals surface area contributed by atoms with E-state index in [0.29, 0.717) is 5.92 Å². The monoisotopic (exact) mass is 287 g/mol. The second-order valence-corrected chi connectivity index (χ2v) is 5.69. The average molecular weight is 288 g/mol. The number of rotatable bonds is 4. The van der Waals surface area contributed by atoms with Crippen LogP contribution in [0.25, 0.3) is 0 Å². The van der Waals surface area contributed by atoms with E-state index in [1.807, 2.05) is 0 Å². The van der Waals surface area contributed by atoms with Crippen molar-refractivity contribution in [3.63, 3.8) is 0 Å². The Hall–Kier alpha value is -0.380. The molecule has 0 fully saturated rings. The van der Waals surface area contributed by atoms with Crippen LogP contribution < -0.4 is 0 Å². The lowest BCUT2D eigenvalue weighted by Crippen LogP contribution is -2.27. The maximum atomic E-state index is 4.38. The summed E-state index contributed by atoms with van der Waals surface area (Å²) < 4.78 is 2.28. The van der Waals surface area contributed by atoms with Gasteiger partial charge in [0.25, 0.3) is 0 Å². The number of hydrogen-bond donors (Lipinski definition) is 0. The van der Waals surface area contributed by atoms with Crippen LogP contribution in [-0.4, -0.2) is 14.8 Å². The molecular formula is C12H22BrN3. The van der Waals surface area contributed by atoms with Gasteiger partial charge in [0.2, 0.25) is 0 Å². The Balaban J connectivity index is 3.24. The first-order valence-electron chi connectivity index (χ1n) is 5.96. The zero-order valence-corrected chi connectivity index (χ0v) is 12.5. The van der Waals surface area contributed by atoms with Crippen LogP contribution >= 0.6 is 15.9 Å². The van der Waals surface area contributed by atoms with E-state index in [2.05, 4.69) is 65.3 Å². The van der Waals surface area contributed by atoms with Crippen molar-refractivity contribution in [3.05, 3.63) is 11.6 Å². The Morgan fingerprint density at radius 3 is 2.12 bits per heavy atom. The van der Waals surface area contributed by atoms with E-state index in [4.69, 9.17) is 0 Å². The second-order valence-electron chi connectivity index (χ2n) is 5.13. The highest BCUT2D eigenvalue weighted by atomic mass is 79.9. The molecule has 0 amide bonds. The quantitative estimate of drug-likeness (QED) is 0.788. The lowest BCUT2D eigenvalue weighted by Gasteiger charge is -2.27. The molecule has 16 heavy (non-hydrogen) atoms. The van der Waals surface area contributed by atoms with Gasteiger partial charge in [-0.1, -0.05) is 29.8 Å². The summed E-state index contributed by atoms with van der Waals surface area (Å²) in [5.74, 6) is 2.67. The van der Waals surface area contributed by atoms with E-state index in [1.165, 1.54) is 0 Å². The van der Waals surface area contributed by atoms with Crippen molar-refractivity contribution < 1.29 is 0 Å². The predicted molar refractivity (Wildman–Crippen MR) is 71.0 cm³/mol. The molecule has 0 saturated carbocycles. The molecule has 1 heterocycles. The van der Waals surface area contributed by atoms with Crippen LogP contribution in [-0.2, 0) is 10.9 Å². The van der Waals surface area contributed by atoms with Crippen LogP contribution in [0.4, 0.5) is 0 Å². The summed E-state index contributed by atoms with van der Waals surface area (Å²) in [6.45, 7) is 11.0. The number of halogens is 1. The van der Waals surface area contributed by atoms with Gasteiger partial charge < -0.3 is 4.57 Å². The standard InChI is InChI=1S/C12H22BrN3/c1-6-9(7-2)11-15-14-10(8-13)16(11)12(3,4)5/h9H,6-8H2,1-5H3. The fraction of sp³-hybridized carbons (Fsp3) is 0.833. The Morgan fingerprint density at radius 1 is 1.19 bits per heavy atom. The third kappa shape index (κ3) is 2.65. The van der Waals surface area contributed by atoms with Gasteiger partial charge in [-0.05, 0) is 33.6 Å². The van der Waals surface area contributed by atoms with Gasteiger partial charge in [0.05, 0.1) is 5.33 Å². The van der Waals surface area contributed by atoms with Gasteiger partial charge in [0.1, 0.15) is 11.6 Å². The smallest absolute Gasteiger partial charge is 0.144 e. The Kier molecular flexibility index (Phi) is 4.53. The van der Waals surface area contributed by atoms with Gasteiger partial charge in [-0.2, -0.15) is 0 Å². The highest BCUT2D eigenvalue weighted by Gasteiger charge is 2.25. The van der Waals surface area contributed by atoms with Gasteiger partial charge in [-0.25, -0.2) is 0 Å². The molecule has 0 N–H and O–H groups in total. The summed E-state index contributed by atoms with van der Waals surface area (Å²) in [5.41, 5.74) is 0.0462. The molecule has 0 bridgehead atoms. The van der Waals surface area contributed by atoms with Gasteiger partial charge in [-0.3, -0.25) is 0 Å². The van der Waals surface area contributed by atoms with Crippen molar-refractivity contribution in [2.45, 2.75) is 64.2 Å². The molecule has 0 unspecified atom stereocenters. The summed E-state index contributed by atoms with van der Waals surface area (Å²) in [4.78, 5) is 0. The molecule has 1 rings (SSSR count). The molecule has 0 aliphatic carbocycles. The maximum absolute atomic E-state index is 4.38. The lowest BCUT2D eigenvalue weighted by atomic mass is 10.00. The molecule has 3 nitrogen and oxygen atoms in total. The summed E-state index contributed by atoms with van der Waals surface area (Å²) in [5, 5.41) is 9.42. The summed E-state index contributed by atoms with van der Waals surface area (Å²) in [7, 11) is 0. The minimum absolute atomic E-state index is 0.0462. The molecule has 0 atom stereocenters. The van der Waals surface area contributed by atoms with Gasteiger partial charge in [-0.15, -0.1) is 10.2 Å². The molecule has 0 spiro atoms. The summed E-state index contributed by atoms with van der Waals surface area (Å²) in [6, 6.07) is 0. The molecule has 0 aromatic carbocycles. The number of alkyl halides is 1. The molecule has 0 aliphatic rings. The molecule has 0 radical (unpaired) electrons. The van der Waals surface area contributed by atoms with Crippen LogP contribution in [0.2, 0.25) is 0 Å². The van der Waals surface area contributed by atoms with Gasteiger partial charge in [0, 0.05) is 11.5 Å². The van der Waals surface area contributed by atoms with Crippen molar-refractivity contribution in [2.75, 3.05) is 0 Å². The molecular weight excluding hydrogens is 266 g/mol. The number of aromatic nitrogens is 3. The van der Waals surface area contributed by atoms with Crippen LogP contribution in [0, 0.1) is 0 Å². The SMILES string of the molecule is CCC(CC)c1nnc(CBr)n1C(C)(C)C. The zero-order chi connectivity index (χ0) is 12.3. The van der Waals surface area contributed by atoms with E-state index >= 15 is 0 Å². The molecule has 0 aliphatic heterocycles. The first kappa shape index (κ1) is 13.7. The van der Waals surface area contributed by atoms with E-state index in [1.54, 1.807) is 0 Å². The molecule has 92 valence electrons. The van der Waals surface area contributed by atoms with Crippen LogP contribution in [0.5, 0.6) is 0 Å². The topological polar surface area (TPSA) is 30.7 Å². The van der Waals surface area contributed by atoms with Crippen molar-refractivity contribution in [1.29, 1.82) is 0 Å². The van der Waals surface area contributed by atoms with Crippen molar-refractivity contribution in [2.24, 2.45) is 0 Å². The molecule has 1 aromatic rings. The van der Waals surface area contributed by atoms with Crippen LogP contribution in [0.3, 0.4) is 0 Å². The average Bonchev–Trinajstić information content (AvgIpc) is 2.63. The van der Waals surface area contributed by atoms with E-state index in [0.717, 1.165) is 29.8 Å². The fourth-order valence-corrected chi connectivity index (χ4v) is 2.43. The highest BCUT2D eigenvalue weighted by molar-refractivity contribution is 9.08.